The minimum Gasteiger partial charge on any atom is -0.497 e. The van der Waals surface area contributed by atoms with Crippen molar-refractivity contribution in [2.45, 2.75) is 69.0 Å². The molecule has 1 aromatic carbocycles. The number of ether oxygens (including phenoxy) is 4. The third-order valence-electron chi connectivity index (χ3n) is 5.47. The van der Waals surface area contributed by atoms with Gasteiger partial charge in [0, 0.05) is 17.7 Å². The molecule has 0 aliphatic carbocycles. The summed E-state index contributed by atoms with van der Waals surface area (Å²) in [6.45, 7) is 4.23. The van der Waals surface area contributed by atoms with E-state index in [0.29, 0.717) is 29.0 Å². The van der Waals surface area contributed by atoms with Crippen molar-refractivity contribution in [1.82, 2.24) is 19.5 Å². The lowest BCUT2D eigenvalue weighted by molar-refractivity contribution is -0.310. The molecule has 0 saturated heterocycles. The maximum atomic E-state index is 13.2. The normalized spacial score (nSPS) is 12.3. The fourth-order valence-corrected chi connectivity index (χ4v) is 5.26. The zero-order valence-corrected chi connectivity index (χ0v) is 26.5. The van der Waals surface area contributed by atoms with Gasteiger partial charge in [0.05, 0.1) is 26.1 Å². The largest absolute Gasteiger partial charge is 0.497 e. The number of hydrogen-bond acceptors (Lipinski definition) is 16. The molecule has 18 heteroatoms. The summed E-state index contributed by atoms with van der Waals surface area (Å²) in [6, 6.07) is 7.45. The van der Waals surface area contributed by atoms with Crippen LogP contribution in [0.3, 0.4) is 0 Å². The second-order valence-electron chi connectivity index (χ2n) is 9.10. The van der Waals surface area contributed by atoms with E-state index in [1.165, 1.54) is 11.8 Å². The molecular formula is C26H36N5O11PS. The fourth-order valence-electron chi connectivity index (χ4n) is 3.43. The Kier molecular flexibility index (Phi) is 14.3. The molecular weight excluding hydrogens is 621 g/mol. The van der Waals surface area contributed by atoms with Crippen molar-refractivity contribution in [2.75, 3.05) is 32.8 Å². The predicted molar refractivity (Wildman–Crippen MR) is 156 cm³/mol. The summed E-state index contributed by atoms with van der Waals surface area (Å²) >= 11 is 1.37. The summed E-state index contributed by atoms with van der Waals surface area (Å²) in [5, 5.41) is 0.560. The van der Waals surface area contributed by atoms with E-state index < -0.39 is 45.6 Å². The number of nitrogens with zero attached hydrogens (tertiary/aromatic N) is 4. The number of benzene rings is 1. The summed E-state index contributed by atoms with van der Waals surface area (Å²) in [7, 11) is -2.66. The molecule has 242 valence electrons. The van der Waals surface area contributed by atoms with Crippen molar-refractivity contribution in [3.8, 4) is 5.75 Å². The van der Waals surface area contributed by atoms with Gasteiger partial charge in [-0.2, -0.15) is 14.8 Å². The molecule has 0 aliphatic rings. The molecule has 2 heterocycles. The summed E-state index contributed by atoms with van der Waals surface area (Å²) in [4.78, 5) is 46.6. The molecule has 0 bridgehead atoms. The van der Waals surface area contributed by atoms with Gasteiger partial charge in [-0.05, 0) is 44.0 Å². The van der Waals surface area contributed by atoms with Gasteiger partial charge in [-0.1, -0.05) is 25.6 Å². The summed E-state index contributed by atoms with van der Waals surface area (Å²) in [5.41, 5.74) is 6.99. The van der Waals surface area contributed by atoms with Gasteiger partial charge in [0.1, 0.15) is 16.3 Å². The number of nitrogen functional groups attached to an aromatic ring is 1. The van der Waals surface area contributed by atoms with Crippen LogP contribution in [-0.4, -0.2) is 64.6 Å². The van der Waals surface area contributed by atoms with Crippen LogP contribution in [0.1, 0.15) is 46.5 Å². The highest BCUT2D eigenvalue weighted by Crippen LogP contribution is 2.49. The molecule has 0 saturated carbocycles. The average Bonchev–Trinajstić information content (AvgIpc) is 3.39. The fraction of sp³-hybridized carbons (Fsp3) is 0.500. The van der Waals surface area contributed by atoms with Gasteiger partial charge in [0.2, 0.25) is 19.5 Å². The van der Waals surface area contributed by atoms with Gasteiger partial charge in [-0.3, -0.25) is 14.2 Å². The van der Waals surface area contributed by atoms with Crippen LogP contribution in [-0.2, 0) is 54.0 Å². The number of fused-ring (bicyclic) bond motifs is 1. The Morgan fingerprint density at radius 1 is 1.00 bits per heavy atom. The molecule has 1 atom stereocenters. The van der Waals surface area contributed by atoms with E-state index in [-0.39, 0.29) is 25.3 Å². The Labute approximate surface area is 258 Å². The van der Waals surface area contributed by atoms with Gasteiger partial charge in [0.15, 0.2) is 12.0 Å². The standard InChI is InChI=1S/C26H36N5O11PS/c1-5-7-21(32)36-15-39-41-43(34,42-40-16-37-22(33)8-6-2)17-38-18(3)13-31-14-28-23-24(31)29-26(27)30-25(23)44-20-11-9-19(35-4)10-12-20/h9-12,14,18H,5-8,13,15-17H2,1-4H3,(H2,27,29,30). The number of carbonyl (C=O) groups is 2. The molecule has 0 fully saturated rings. The first-order valence-corrected chi connectivity index (χ1v) is 16.1. The number of methoxy groups -OCH3 is 1. The Morgan fingerprint density at radius 3 is 2.18 bits per heavy atom. The Bertz CT molecular complexity index is 1380. The molecule has 16 nitrogen and oxygen atoms in total. The van der Waals surface area contributed by atoms with Crippen LogP contribution in [0.15, 0.2) is 40.5 Å². The maximum Gasteiger partial charge on any atom is 0.409 e. The number of nitrogens with two attached hydrogens (primary N) is 1. The Balaban J connectivity index is 1.63. The van der Waals surface area contributed by atoms with Crippen LogP contribution >= 0.6 is 19.4 Å². The van der Waals surface area contributed by atoms with Crippen LogP contribution in [0.25, 0.3) is 11.2 Å². The smallest absolute Gasteiger partial charge is 0.409 e. The van der Waals surface area contributed by atoms with Crippen LogP contribution in [0.5, 0.6) is 5.75 Å². The number of aromatic nitrogens is 4. The van der Waals surface area contributed by atoms with Gasteiger partial charge in [-0.15, -0.1) is 9.35 Å². The van der Waals surface area contributed by atoms with E-state index in [4.69, 9.17) is 43.8 Å². The van der Waals surface area contributed by atoms with Gasteiger partial charge in [-0.25, -0.2) is 9.97 Å². The lowest BCUT2D eigenvalue weighted by atomic mass is 10.3. The van der Waals surface area contributed by atoms with Crippen molar-refractivity contribution in [3.63, 3.8) is 0 Å². The second-order valence-corrected chi connectivity index (χ2v) is 11.9. The van der Waals surface area contributed by atoms with Crippen LogP contribution < -0.4 is 10.5 Å². The highest BCUT2D eigenvalue weighted by atomic mass is 32.2. The van der Waals surface area contributed by atoms with Crippen LogP contribution in [0.4, 0.5) is 5.95 Å². The lowest BCUT2D eigenvalue weighted by Crippen LogP contribution is -2.19. The van der Waals surface area contributed by atoms with Crippen molar-refractivity contribution >= 4 is 48.4 Å². The van der Waals surface area contributed by atoms with Crippen molar-refractivity contribution < 1.29 is 52.2 Å². The minimum absolute atomic E-state index is 0.0590. The van der Waals surface area contributed by atoms with E-state index in [0.717, 1.165) is 10.6 Å². The van der Waals surface area contributed by atoms with E-state index in [2.05, 4.69) is 15.0 Å². The number of imidazole rings is 1. The maximum absolute atomic E-state index is 13.2. The number of hydrogen-bond donors (Lipinski definition) is 1. The summed E-state index contributed by atoms with van der Waals surface area (Å²) in [5.74, 6) is -0.273. The van der Waals surface area contributed by atoms with Gasteiger partial charge < -0.3 is 29.2 Å². The zero-order valence-electron chi connectivity index (χ0n) is 24.8. The van der Waals surface area contributed by atoms with Crippen LogP contribution in [0, 0.1) is 0 Å². The van der Waals surface area contributed by atoms with Crippen molar-refractivity contribution in [2.24, 2.45) is 0 Å². The lowest BCUT2D eigenvalue weighted by Gasteiger charge is -2.19. The first-order chi connectivity index (χ1) is 21.2. The zero-order chi connectivity index (χ0) is 32.0. The molecule has 0 aliphatic heterocycles. The van der Waals surface area contributed by atoms with E-state index in [1.54, 1.807) is 38.8 Å². The first kappa shape index (κ1) is 35.2. The molecule has 2 N–H and O–H groups in total. The third-order valence-corrected chi connectivity index (χ3v) is 7.59. The van der Waals surface area contributed by atoms with Crippen molar-refractivity contribution in [3.05, 3.63) is 30.6 Å². The molecule has 44 heavy (non-hydrogen) atoms. The Morgan fingerprint density at radius 2 is 1.61 bits per heavy atom. The SMILES string of the molecule is CCCC(=O)OCOOP(=O)(COC(C)Cn1cnc2c(Sc3ccc(OC)cc3)nc(N)nc21)OOCOC(=O)CCC. The van der Waals surface area contributed by atoms with Gasteiger partial charge >= 0.3 is 19.5 Å². The van der Waals surface area contributed by atoms with E-state index in [1.807, 2.05) is 24.3 Å². The molecule has 0 radical (unpaired) electrons. The number of carbonyl (C=O) groups excluding carboxylic acids is 2. The molecule has 1 unspecified atom stereocenters. The first-order valence-electron chi connectivity index (χ1n) is 13.6. The van der Waals surface area contributed by atoms with Gasteiger partial charge in [0.25, 0.3) is 0 Å². The summed E-state index contributed by atoms with van der Waals surface area (Å²) in [6.07, 6.45) is 1.83. The molecule has 2 aromatic heterocycles. The second kappa shape index (κ2) is 17.9. The average molecular weight is 658 g/mol. The molecule has 0 amide bonds. The third kappa shape index (κ3) is 11.3. The number of esters is 2. The van der Waals surface area contributed by atoms with Crippen molar-refractivity contribution in [1.29, 1.82) is 0 Å². The van der Waals surface area contributed by atoms with E-state index in [9.17, 15) is 14.2 Å². The molecule has 3 aromatic rings. The van der Waals surface area contributed by atoms with Crippen LogP contribution in [0.2, 0.25) is 0 Å². The molecule has 0 spiro atoms. The number of anilines is 1. The highest BCUT2D eigenvalue weighted by Gasteiger charge is 2.31. The quantitative estimate of drug-likeness (QED) is 0.0336. The highest BCUT2D eigenvalue weighted by molar-refractivity contribution is 7.99. The summed E-state index contributed by atoms with van der Waals surface area (Å²) < 4.78 is 45.2. The van der Waals surface area contributed by atoms with E-state index >= 15 is 0 Å². The Hall–Kier alpha value is -3.31. The monoisotopic (exact) mass is 657 g/mol. The number of rotatable bonds is 20. The predicted octanol–water partition coefficient (Wildman–Crippen LogP) is 4.62. The molecule has 3 rings (SSSR count). The minimum atomic E-state index is -4.25. The topological polar surface area (TPSA) is 195 Å².